The van der Waals surface area contributed by atoms with Crippen molar-refractivity contribution in [1.29, 1.82) is 0 Å². The molecule has 0 aliphatic heterocycles. The summed E-state index contributed by atoms with van der Waals surface area (Å²) < 4.78 is 4.51. The lowest BCUT2D eigenvalue weighted by atomic mass is 10.1. The molecule has 0 aromatic rings. The summed E-state index contributed by atoms with van der Waals surface area (Å²) in [6.45, 7) is 8.52. The van der Waals surface area contributed by atoms with Crippen LogP contribution in [-0.2, 0) is 19.1 Å². The summed E-state index contributed by atoms with van der Waals surface area (Å²) in [6.07, 6.45) is 10.8. The van der Waals surface area contributed by atoms with Crippen molar-refractivity contribution in [2.24, 2.45) is 5.84 Å². The van der Waals surface area contributed by atoms with Gasteiger partial charge in [-0.05, 0) is 53.4 Å². The number of nitrogens with two attached hydrogens (primary N) is 1. The first kappa shape index (κ1) is 28.9. The largest absolute Gasteiger partial charge is 0.469 e. The van der Waals surface area contributed by atoms with Crippen LogP contribution in [0.2, 0.25) is 0 Å². The molecule has 0 heterocycles. The second-order valence-corrected chi connectivity index (χ2v) is 8.78. The van der Waals surface area contributed by atoms with Gasteiger partial charge < -0.3 is 10.1 Å². The summed E-state index contributed by atoms with van der Waals surface area (Å²) in [7, 11) is 1.26. The molecule has 0 spiro atoms. The van der Waals surface area contributed by atoms with Gasteiger partial charge in [0, 0.05) is 17.9 Å². The van der Waals surface area contributed by atoms with Gasteiger partial charge in [0.2, 0.25) is 5.91 Å². The van der Waals surface area contributed by atoms with Crippen molar-refractivity contribution in [1.82, 2.24) is 10.7 Å². The fourth-order valence-corrected chi connectivity index (χ4v) is 3.60. The minimum atomic E-state index is -0.750. The number of hydrogen-bond donors (Lipinski definition) is 3. The van der Waals surface area contributed by atoms with Crippen molar-refractivity contribution in [2.45, 2.75) is 72.3 Å². The average molecular weight is 454 g/mol. The molecule has 4 N–H and O–H groups in total. The third kappa shape index (κ3) is 16.3. The monoisotopic (exact) mass is 453 g/mol. The molecule has 31 heavy (non-hydrogen) atoms. The van der Waals surface area contributed by atoms with Gasteiger partial charge in [-0.2, -0.15) is 11.8 Å². The van der Waals surface area contributed by atoms with Crippen LogP contribution in [0.25, 0.3) is 0 Å². The highest BCUT2D eigenvalue weighted by atomic mass is 32.2. The average Bonchev–Trinajstić information content (AvgIpc) is 2.73. The zero-order chi connectivity index (χ0) is 23.6. The predicted octanol–water partition coefficient (Wildman–Crippen LogP) is 3.57. The lowest BCUT2D eigenvalue weighted by Crippen LogP contribution is -2.50. The summed E-state index contributed by atoms with van der Waals surface area (Å²) in [4.78, 5) is 35.0. The minimum Gasteiger partial charge on any atom is -0.469 e. The SMILES string of the molecule is COC(=O)CCC(=O)NC(CSCC=C(C)CCC=C(C)CCC=C(C)C)C(=O)NN. The van der Waals surface area contributed by atoms with Gasteiger partial charge in [0.05, 0.1) is 13.5 Å². The molecular weight excluding hydrogens is 414 g/mol. The zero-order valence-corrected chi connectivity index (χ0v) is 20.4. The highest BCUT2D eigenvalue weighted by Gasteiger charge is 2.20. The van der Waals surface area contributed by atoms with E-state index in [9.17, 15) is 14.4 Å². The van der Waals surface area contributed by atoms with E-state index in [1.807, 2.05) is 0 Å². The van der Waals surface area contributed by atoms with Crippen LogP contribution in [0.15, 0.2) is 34.9 Å². The number of esters is 1. The molecule has 8 heteroatoms. The van der Waals surface area contributed by atoms with Crippen LogP contribution in [0.5, 0.6) is 0 Å². The predicted molar refractivity (Wildman–Crippen MR) is 128 cm³/mol. The lowest BCUT2D eigenvalue weighted by Gasteiger charge is -2.16. The van der Waals surface area contributed by atoms with Crippen LogP contribution in [0.1, 0.15) is 66.2 Å². The lowest BCUT2D eigenvalue weighted by molar-refractivity contribution is -0.142. The number of methoxy groups -OCH3 is 1. The van der Waals surface area contributed by atoms with Crippen LogP contribution in [0.3, 0.4) is 0 Å². The Labute approximate surface area is 191 Å². The van der Waals surface area contributed by atoms with E-state index < -0.39 is 23.8 Å². The Hall–Kier alpha value is -2.06. The standard InChI is InChI=1S/C23H39N3O4S/c1-17(2)8-6-9-18(3)10-7-11-19(4)14-15-31-16-20(23(29)26-24)25-21(27)12-13-22(28)30-5/h8,10,14,20H,6-7,9,11-13,15-16,24H2,1-5H3,(H,25,27)(H,26,29). The first-order valence-electron chi connectivity index (χ1n) is 10.6. The number of carbonyl (C=O) groups excluding carboxylic acids is 3. The Balaban J connectivity index is 4.34. The van der Waals surface area contributed by atoms with Crippen LogP contribution in [0.4, 0.5) is 0 Å². The van der Waals surface area contributed by atoms with E-state index in [1.54, 1.807) is 0 Å². The molecule has 0 saturated carbocycles. The van der Waals surface area contributed by atoms with Crippen LogP contribution >= 0.6 is 11.8 Å². The first-order valence-corrected chi connectivity index (χ1v) is 11.7. The molecule has 0 bridgehead atoms. The molecular formula is C23H39N3O4S. The zero-order valence-electron chi connectivity index (χ0n) is 19.6. The van der Waals surface area contributed by atoms with Crippen molar-refractivity contribution in [3.05, 3.63) is 34.9 Å². The Morgan fingerprint density at radius 1 is 0.935 bits per heavy atom. The van der Waals surface area contributed by atoms with Gasteiger partial charge in [-0.25, -0.2) is 5.84 Å². The van der Waals surface area contributed by atoms with Gasteiger partial charge in [-0.15, -0.1) is 0 Å². The smallest absolute Gasteiger partial charge is 0.306 e. The summed E-state index contributed by atoms with van der Waals surface area (Å²) in [5, 5.41) is 2.61. The minimum absolute atomic E-state index is 0.0305. The molecule has 0 aromatic heterocycles. The number of nitrogens with one attached hydrogen (secondary N) is 2. The Morgan fingerprint density at radius 2 is 1.55 bits per heavy atom. The number of thioether (sulfide) groups is 1. The van der Waals surface area contributed by atoms with Gasteiger partial charge >= 0.3 is 5.97 Å². The molecule has 0 rings (SSSR count). The maximum atomic E-state index is 11.9. The molecule has 7 nitrogen and oxygen atoms in total. The number of rotatable bonds is 15. The number of allylic oxidation sites excluding steroid dienone is 5. The summed E-state index contributed by atoms with van der Waals surface area (Å²) in [5.74, 6) is 5.02. The second-order valence-electron chi connectivity index (χ2n) is 7.70. The maximum Gasteiger partial charge on any atom is 0.306 e. The van der Waals surface area contributed by atoms with Crippen molar-refractivity contribution < 1.29 is 19.1 Å². The number of hydrazine groups is 1. The van der Waals surface area contributed by atoms with Crippen molar-refractivity contribution in [3.63, 3.8) is 0 Å². The quantitative estimate of drug-likeness (QED) is 0.0873. The van der Waals surface area contributed by atoms with Gasteiger partial charge in [0.25, 0.3) is 5.91 Å². The molecule has 176 valence electrons. The molecule has 0 radical (unpaired) electrons. The topological polar surface area (TPSA) is 111 Å². The summed E-state index contributed by atoms with van der Waals surface area (Å²) in [5.41, 5.74) is 6.14. The van der Waals surface area contributed by atoms with Crippen LogP contribution < -0.4 is 16.6 Å². The van der Waals surface area contributed by atoms with Gasteiger partial charge in [0.15, 0.2) is 0 Å². The third-order valence-corrected chi connectivity index (χ3v) is 5.51. The fourth-order valence-electron chi connectivity index (χ4n) is 2.59. The Kier molecular flexibility index (Phi) is 16.4. The molecule has 0 aliphatic carbocycles. The van der Waals surface area contributed by atoms with E-state index in [2.05, 4.69) is 61.4 Å². The normalized spacial score (nSPS) is 12.7. The van der Waals surface area contributed by atoms with Gasteiger partial charge in [-0.1, -0.05) is 34.9 Å². The van der Waals surface area contributed by atoms with Crippen molar-refractivity contribution >= 4 is 29.5 Å². The van der Waals surface area contributed by atoms with Gasteiger partial charge in [0.1, 0.15) is 6.04 Å². The number of amides is 2. The fraction of sp³-hybridized carbons (Fsp3) is 0.609. The maximum absolute atomic E-state index is 11.9. The highest BCUT2D eigenvalue weighted by Crippen LogP contribution is 2.13. The molecule has 1 atom stereocenters. The van der Waals surface area contributed by atoms with E-state index in [0.29, 0.717) is 5.75 Å². The molecule has 2 amide bonds. The van der Waals surface area contributed by atoms with Crippen molar-refractivity contribution in [3.8, 4) is 0 Å². The van der Waals surface area contributed by atoms with Crippen molar-refractivity contribution in [2.75, 3.05) is 18.6 Å². The Morgan fingerprint density at radius 3 is 2.13 bits per heavy atom. The van der Waals surface area contributed by atoms with E-state index in [1.165, 1.54) is 35.6 Å². The highest BCUT2D eigenvalue weighted by molar-refractivity contribution is 7.99. The molecule has 1 unspecified atom stereocenters. The second kappa shape index (κ2) is 17.6. The van der Waals surface area contributed by atoms with Crippen LogP contribution in [-0.4, -0.2) is 42.4 Å². The molecule has 0 aliphatic rings. The number of carbonyl (C=O) groups is 3. The summed E-state index contributed by atoms with van der Waals surface area (Å²) >= 11 is 1.54. The molecule has 0 saturated heterocycles. The van der Waals surface area contributed by atoms with Gasteiger partial charge in [-0.3, -0.25) is 19.8 Å². The summed E-state index contributed by atoms with van der Waals surface area (Å²) in [6, 6.07) is -0.750. The number of hydrogen-bond acceptors (Lipinski definition) is 6. The van der Waals surface area contributed by atoms with Crippen LogP contribution in [0, 0.1) is 0 Å². The molecule has 0 fully saturated rings. The van der Waals surface area contributed by atoms with E-state index >= 15 is 0 Å². The van der Waals surface area contributed by atoms with E-state index in [4.69, 9.17) is 5.84 Å². The Bertz CT molecular complexity index is 668. The number of ether oxygens (including phenoxy) is 1. The van der Waals surface area contributed by atoms with E-state index in [0.717, 1.165) is 31.4 Å². The molecule has 0 aromatic carbocycles. The third-order valence-electron chi connectivity index (χ3n) is 4.53. The van der Waals surface area contributed by atoms with E-state index in [-0.39, 0.29) is 12.8 Å². The first-order chi connectivity index (χ1) is 14.7.